The summed E-state index contributed by atoms with van der Waals surface area (Å²) >= 11 is 1.86. The van der Waals surface area contributed by atoms with Gasteiger partial charge in [0.25, 0.3) is 0 Å². The monoisotopic (exact) mass is 428 g/mol. The first-order valence-corrected chi connectivity index (χ1v) is 9.43. The fourth-order valence-electron chi connectivity index (χ4n) is 2.56. The first-order chi connectivity index (χ1) is 9.80. The number of hydrogen-bond donors (Lipinski definition) is 2. The van der Waals surface area contributed by atoms with Gasteiger partial charge in [-0.25, -0.2) is 0 Å². The number of guanidine groups is 1. The number of piperidine rings is 1. The van der Waals surface area contributed by atoms with Gasteiger partial charge in [0.15, 0.2) is 5.96 Å². The van der Waals surface area contributed by atoms with Crippen LogP contribution in [0, 0.1) is 5.92 Å². The summed E-state index contributed by atoms with van der Waals surface area (Å²) in [4.78, 5) is 7.24. The Balaban J connectivity index is 0.00000400. The minimum absolute atomic E-state index is 0. The van der Waals surface area contributed by atoms with Gasteiger partial charge in [0.2, 0.25) is 0 Å². The average molecular weight is 428 g/mol. The minimum atomic E-state index is 0. The second-order valence-electron chi connectivity index (χ2n) is 5.35. The number of nitrogens with zero attached hydrogens (tertiary/aromatic N) is 2. The Morgan fingerprint density at radius 3 is 2.52 bits per heavy atom. The zero-order valence-corrected chi connectivity index (χ0v) is 17.0. The third-order valence-corrected chi connectivity index (χ3v) is 4.52. The minimum Gasteiger partial charge on any atom is -0.357 e. The van der Waals surface area contributed by atoms with Crippen molar-refractivity contribution in [2.24, 2.45) is 10.9 Å². The lowest BCUT2D eigenvalue weighted by atomic mass is 9.94. The summed E-state index contributed by atoms with van der Waals surface area (Å²) in [5.74, 6) is 2.98. The Bertz CT molecular complexity index is 268. The normalized spacial score (nSPS) is 17.4. The van der Waals surface area contributed by atoms with Crippen LogP contribution in [0.25, 0.3) is 0 Å². The number of hydrogen-bond acceptors (Lipinski definition) is 3. The van der Waals surface area contributed by atoms with Crippen LogP contribution in [0.1, 0.15) is 33.1 Å². The van der Waals surface area contributed by atoms with Crippen LogP contribution in [-0.2, 0) is 0 Å². The maximum atomic E-state index is 4.69. The van der Waals surface area contributed by atoms with Gasteiger partial charge < -0.3 is 15.5 Å². The molecule has 1 fully saturated rings. The topological polar surface area (TPSA) is 39.7 Å². The molecule has 1 heterocycles. The molecule has 0 spiro atoms. The van der Waals surface area contributed by atoms with E-state index in [0.29, 0.717) is 0 Å². The Labute approximate surface area is 152 Å². The number of nitrogens with one attached hydrogen (secondary N) is 2. The van der Waals surface area contributed by atoms with E-state index in [9.17, 15) is 0 Å². The summed E-state index contributed by atoms with van der Waals surface area (Å²) in [5.41, 5.74) is 0. The highest BCUT2D eigenvalue weighted by atomic mass is 127. The van der Waals surface area contributed by atoms with E-state index in [1.54, 1.807) is 0 Å². The first-order valence-electron chi connectivity index (χ1n) is 8.03. The van der Waals surface area contributed by atoms with E-state index in [1.165, 1.54) is 38.9 Å². The number of rotatable bonds is 8. The van der Waals surface area contributed by atoms with Crippen molar-refractivity contribution in [3.63, 3.8) is 0 Å². The van der Waals surface area contributed by atoms with Crippen LogP contribution in [0.2, 0.25) is 0 Å². The van der Waals surface area contributed by atoms with Gasteiger partial charge in [-0.05, 0) is 58.0 Å². The van der Waals surface area contributed by atoms with Gasteiger partial charge in [-0.15, -0.1) is 24.0 Å². The van der Waals surface area contributed by atoms with Crippen LogP contribution in [0.4, 0.5) is 0 Å². The summed E-state index contributed by atoms with van der Waals surface area (Å²) in [6.45, 7) is 11.0. The van der Waals surface area contributed by atoms with Crippen molar-refractivity contribution < 1.29 is 0 Å². The molecule has 21 heavy (non-hydrogen) atoms. The molecule has 1 aliphatic heterocycles. The molecule has 0 unspecified atom stereocenters. The van der Waals surface area contributed by atoms with Crippen LogP contribution in [-0.4, -0.2) is 62.1 Å². The van der Waals surface area contributed by atoms with E-state index in [0.717, 1.165) is 37.3 Å². The molecular formula is C15H33IN4S. The molecule has 4 nitrogen and oxygen atoms in total. The number of likely N-dealkylation sites (tertiary alicyclic amines) is 1. The van der Waals surface area contributed by atoms with Crippen molar-refractivity contribution in [3.05, 3.63) is 0 Å². The van der Waals surface area contributed by atoms with Crippen molar-refractivity contribution in [2.45, 2.75) is 33.1 Å². The predicted octanol–water partition coefficient (Wildman–Crippen LogP) is 2.64. The van der Waals surface area contributed by atoms with Crippen molar-refractivity contribution in [2.75, 3.05) is 51.3 Å². The van der Waals surface area contributed by atoms with Crippen molar-refractivity contribution in [1.82, 2.24) is 15.5 Å². The zero-order chi connectivity index (χ0) is 14.6. The zero-order valence-electron chi connectivity index (χ0n) is 13.9. The molecular weight excluding hydrogens is 395 g/mol. The average Bonchev–Trinajstić information content (AvgIpc) is 2.48. The molecule has 1 aliphatic rings. The Morgan fingerprint density at radius 2 is 1.95 bits per heavy atom. The van der Waals surface area contributed by atoms with Crippen LogP contribution in [0.5, 0.6) is 0 Å². The van der Waals surface area contributed by atoms with Gasteiger partial charge >= 0.3 is 0 Å². The quantitative estimate of drug-likeness (QED) is 0.270. The molecule has 0 saturated carbocycles. The summed E-state index contributed by atoms with van der Waals surface area (Å²) in [6, 6.07) is 0. The molecule has 0 atom stereocenters. The van der Waals surface area contributed by atoms with E-state index >= 15 is 0 Å². The van der Waals surface area contributed by atoms with Gasteiger partial charge in [-0.1, -0.05) is 6.92 Å². The molecule has 0 aromatic carbocycles. The third kappa shape index (κ3) is 9.84. The largest absolute Gasteiger partial charge is 0.357 e. The predicted molar refractivity (Wildman–Crippen MR) is 107 cm³/mol. The van der Waals surface area contributed by atoms with Gasteiger partial charge in [0, 0.05) is 25.4 Å². The summed E-state index contributed by atoms with van der Waals surface area (Å²) < 4.78 is 0. The number of halogens is 1. The lowest BCUT2D eigenvalue weighted by Gasteiger charge is -2.30. The van der Waals surface area contributed by atoms with Gasteiger partial charge in [-0.3, -0.25) is 4.99 Å². The highest BCUT2D eigenvalue weighted by Gasteiger charge is 2.17. The molecule has 1 saturated heterocycles. The van der Waals surface area contributed by atoms with E-state index in [1.807, 2.05) is 11.8 Å². The van der Waals surface area contributed by atoms with Gasteiger partial charge in [0.05, 0.1) is 0 Å². The SMILES string of the molecule is CCNC(=NCCC1CCN(CC)CC1)NCCSC.I. The summed E-state index contributed by atoms with van der Waals surface area (Å²) in [7, 11) is 0. The highest BCUT2D eigenvalue weighted by molar-refractivity contribution is 14.0. The molecule has 0 aromatic heterocycles. The Kier molecular flexibility index (Phi) is 14.1. The van der Waals surface area contributed by atoms with E-state index in [4.69, 9.17) is 4.99 Å². The lowest BCUT2D eigenvalue weighted by molar-refractivity contribution is 0.188. The smallest absolute Gasteiger partial charge is 0.191 e. The van der Waals surface area contributed by atoms with Crippen LogP contribution in [0.15, 0.2) is 4.99 Å². The van der Waals surface area contributed by atoms with E-state index in [2.05, 4.69) is 35.6 Å². The molecule has 0 amide bonds. The maximum Gasteiger partial charge on any atom is 0.191 e. The fraction of sp³-hybridized carbons (Fsp3) is 0.933. The van der Waals surface area contributed by atoms with E-state index in [-0.39, 0.29) is 24.0 Å². The van der Waals surface area contributed by atoms with Crippen molar-refractivity contribution in [1.29, 1.82) is 0 Å². The molecule has 0 aliphatic carbocycles. The standard InChI is InChI=1S/C15H32N4S.HI/c1-4-16-15(18-10-13-20-3)17-9-6-14-7-11-19(5-2)12-8-14;/h14H,4-13H2,1-3H3,(H2,16,17,18);1H. The second kappa shape index (κ2) is 13.9. The molecule has 1 rings (SSSR count). The number of aliphatic imine (C=N–C) groups is 1. The van der Waals surface area contributed by atoms with Crippen LogP contribution >= 0.6 is 35.7 Å². The molecule has 2 N–H and O–H groups in total. The van der Waals surface area contributed by atoms with Crippen molar-refractivity contribution in [3.8, 4) is 0 Å². The van der Waals surface area contributed by atoms with Gasteiger partial charge in [-0.2, -0.15) is 11.8 Å². The summed E-state index contributed by atoms with van der Waals surface area (Å²) in [6.07, 6.45) is 6.06. The fourth-order valence-corrected chi connectivity index (χ4v) is 2.87. The molecule has 0 bridgehead atoms. The Morgan fingerprint density at radius 1 is 1.24 bits per heavy atom. The van der Waals surface area contributed by atoms with E-state index < -0.39 is 0 Å². The molecule has 0 radical (unpaired) electrons. The van der Waals surface area contributed by atoms with Crippen LogP contribution in [0.3, 0.4) is 0 Å². The summed E-state index contributed by atoms with van der Waals surface area (Å²) in [5, 5.41) is 6.70. The van der Waals surface area contributed by atoms with Crippen LogP contribution < -0.4 is 10.6 Å². The maximum absolute atomic E-state index is 4.69. The second-order valence-corrected chi connectivity index (χ2v) is 6.33. The lowest BCUT2D eigenvalue weighted by Crippen LogP contribution is -2.38. The first kappa shape index (κ1) is 21.3. The molecule has 6 heteroatoms. The van der Waals surface area contributed by atoms with Crippen molar-refractivity contribution >= 4 is 41.7 Å². The molecule has 126 valence electrons. The number of thioether (sulfide) groups is 1. The highest BCUT2D eigenvalue weighted by Crippen LogP contribution is 2.19. The third-order valence-electron chi connectivity index (χ3n) is 3.90. The molecule has 0 aromatic rings. The Hall–Kier alpha value is 0.310. The van der Waals surface area contributed by atoms with Gasteiger partial charge in [0.1, 0.15) is 0 Å².